The molecule has 3 rings (SSSR count). The summed E-state index contributed by atoms with van der Waals surface area (Å²) in [5.74, 6) is -0.324. The molecule has 0 aliphatic rings. The van der Waals surface area contributed by atoms with Gasteiger partial charge in [0.25, 0.3) is 5.56 Å². The SMILES string of the molecule is Cc1nn(-c2ccc(F)cc2)c2[nH]c(=O)c(Cl)c(C)c12. The molecule has 0 saturated heterocycles. The number of nitrogens with one attached hydrogen (secondary N) is 1. The van der Waals surface area contributed by atoms with Gasteiger partial charge in [-0.1, -0.05) is 11.6 Å². The quantitative estimate of drug-likeness (QED) is 0.749. The van der Waals surface area contributed by atoms with E-state index >= 15 is 0 Å². The zero-order valence-electron chi connectivity index (χ0n) is 10.9. The van der Waals surface area contributed by atoms with E-state index in [0.717, 1.165) is 11.1 Å². The normalized spacial score (nSPS) is 11.2. The van der Waals surface area contributed by atoms with Crippen molar-refractivity contribution in [2.45, 2.75) is 13.8 Å². The van der Waals surface area contributed by atoms with Crippen molar-refractivity contribution in [3.8, 4) is 5.69 Å². The Bertz CT molecular complexity index is 865. The zero-order valence-corrected chi connectivity index (χ0v) is 11.6. The van der Waals surface area contributed by atoms with Crippen molar-refractivity contribution >= 4 is 22.6 Å². The molecule has 6 heteroatoms. The van der Waals surface area contributed by atoms with E-state index in [4.69, 9.17) is 11.6 Å². The van der Waals surface area contributed by atoms with Crippen LogP contribution in [0.15, 0.2) is 29.1 Å². The Kier molecular flexibility index (Phi) is 2.87. The van der Waals surface area contributed by atoms with Gasteiger partial charge in [-0.2, -0.15) is 5.10 Å². The van der Waals surface area contributed by atoms with Crippen molar-refractivity contribution in [3.63, 3.8) is 0 Å². The number of aromatic amines is 1. The fourth-order valence-electron chi connectivity index (χ4n) is 2.30. The lowest BCUT2D eigenvalue weighted by molar-refractivity contribution is 0.627. The number of rotatable bonds is 1. The molecular formula is C14H11ClFN3O. The second kappa shape index (κ2) is 4.45. The molecule has 2 heterocycles. The molecule has 20 heavy (non-hydrogen) atoms. The Morgan fingerprint density at radius 3 is 2.55 bits per heavy atom. The summed E-state index contributed by atoms with van der Waals surface area (Å²) in [5, 5.41) is 5.37. The van der Waals surface area contributed by atoms with Crippen LogP contribution in [0, 0.1) is 19.7 Å². The van der Waals surface area contributed by atoms with Gasteiger partial charge in [0.2, 0.25) is 0 Å². The average molecular weight is 292 g/mol. The molecule has 4 nitrogen and oxygen atoms in total. The maximum atomic E-state index is 13.0. The van der Waals surface area contributed by atoms with E-state index in [1.165, 1.54) is 12.1 Å². The smallest absolute Gasteiger partial charge is 0.268 e. The summed E-state index contributed by atoms with van der Waals surface area (Å²) in [4.78, 5) is 14.5. The van der Waals surface area contributed by atoms with Gasteiger partial charge in [0.1, 0.15) is 16.5 Å². The van der Waals surface area contributed by atoms with Crippen LogP contribution < -0.4 is 5.56 Å². The van der Waals surface area contributed by atoms with E-state index in [-0.39, 0.29) is 16.4 Å². The maximum Gasteiger partial charge on any atom is 0.268 e. The van der Waals surface area contributed by atoms with Gasteiger partial charge in [0.05, 0.1) is 11.4 Å². The molecule has 0 radical (unpaired) electrons. The van der Waals surface area contributed by atoms with Crippen LogP contribution in [-0.4, -0.2) is 14.8 Å². The third-order valence-electron chi connectivity index (χ3n) is 3.27. The van der Waals surface area contributed by atoms with Gasteiger partial charge in [-0.3, -0.25) is 4.79 Å². The van der Waals surface area contributed by atoms with Crippen molar-refractivity contribution in [3.05, 3.63) is 56.7 Å². The minimum absolute atomic E-state index is 0.166. The summed E-state index contributed by atoms with van der Waals surface area (Å²) >= 11 is 5.97. The van der Waals surface area contributed by atoms with Gasteiger partial charge in [-0.05, 0) is 43.7 Å². The lowest BCUT2D eigenvalue weighted by atomic mass is 10.2. The van der Waals surface area contributed by atoms with Crippen molar-refractivity contribution in [2.75, 3.05) is 0 Å². The minimum Gasteiger partial charge on any atom is -0.305 e. The number of aromatic nitrogens is 3. The fraction of sp³-hybridized carbons (Fsp3) is 0.143. The summed E-state index contributed by atoms with van der Waals surface area (Å²) in [6.45, 7) is 3.62. The monoisotopic (exact) mass is 291 g/mol. The van der Waals surface area contributed by atoms with Crippen molar-refractivity contribution in [2.24, 2.45) is 0 Å². The van der Waals surface area contributed by atoms with E-state index in [9.17, 15) is 9.18 Å². The molecule has 0 aliphatic carbocycles. The molecule has 3 aromatic rings. The number of fused-ring (bicyclic) bond motifs is 1. The minimum atomic E-state index is -0.361. The molecule has 1 N–H and O–H groups in total. The molecule has 2 aromatic heterocycles. The van der Waals surface area contributed by atoms with Crippen LogP contribution in [0.1, 0.15) is 11.3 Å². The van der Waals surface area contributed by atoms with Crippen LogP contribution in [-0.2, 0) is 0 Å². The van der Waals surface area contributed by atoms with Crippen LogP contribution in [0.4, 0.5) is 4.39 Å². The average Bonchev–Trinajstić information content (AvgIpc) is 2.74. The number of hydrogen-bond donors (Lipinski definition) is 1. The van der Waals surface area contributed by atoms with E-state index in [1.807, 2.05) is 6.92 Å². The first-order valence-corrected chi connectivity index (χ1v) is 6.40. The second-order valence-corrected chi connectivity index (χ2v) is 4.97. The van der Waals surface area contributed by atoms with Gasteiger partial charge >= 0.3 is 0 Å². The van der Waals surface area contributed by atoms with Crippen molar-refractivity contribution in [1.82, 2.24) is 14.8 Å². The molecule has 0 amide bonds. The number of hydrogen-bond acceptors (Lipinski definition) is 2. The number of nitrogens with zero attached hydrogens (tertiary/aromatic N) is 2. The fourth-order valence-corrected chi connectivity index (χ4v) is 2.44. The summed E-state index contributed by atoms with van der Waals surface area (Å²) in [6.07, 6.45) is 0. The number of pyridine rings is 1. The first kappa shape index (κ1) is 12.9. The number of H-pyrrole nitrogens is 1. The molecule has 0 bridgehead atoms. The molecule has 0 fully saturated rings. The van der Waals surface area contributed by atoms with Crippen LogP contribution in [0.25, 0.3) is 16.7 Å². The Hall–Kier alpha value is -2.14. The van der Waals surface area contributed by atoms with Crippen LogP contribution >= 0.6 is 11.6 Å². The van der Waals surface area contributed by atoms with E-state index < -0.39 is 0 Å². The predicted molar refractivity (Wildman–Crippen MR) is 76.1 cm³/mol. The Morgan fingerprint density at radius 2 is 1.90 bits per heavy atom. The Morgan fingerprint density at radius 1 is 1.25 bits per heavy atom. The molecule has 0 unspecified atom stereocenters. The topological polar surface area (TPSA) is 50.7 Å². The highest BCUT2D eigenvalue weighted by atomic mass is 35.5. The number of benzene rings is 1. The molecule has 1 aromatic carbocycles. The van der Waals surface area contributed by atoms with Gasteiger partial charge in [-0.25, -0.2) is 9.07 Å². The number of aryl methyl sites for hydroxylation is 2. The highest BCUT2D eigenvalue weighted by molar-refractivity contribution is 6.32. The summed E-state index contributed by atoms with van der Waals surface area (Å²) in [6, 6.07) is 5.89. The lowest BCUT2D eigenvalue weighted by Crippen LogP contribution is -2.10. The molecule has 0 atom stereocenters. The molecular weight excluding hydrogens is 281 g/mol. The lowest BCUT2D eigenvalue weighted by Gasteiger charge is -2.04. The standard InChI is InChI=1S/C14H11ClFN3O/c1-7-11-8(2)18-19(10-5-3-9(16)4-6-10)13(11)17-14(20)12(7)15/h3-6H,1-2H3,(H,17,20). The van der Waals surface area contributed by atoms with E-state index in [2.05, 4.69) is 10.1 Å². The summed E-state index contributed by atoms with van der Waals surface area (Å²) in [7, 11) is 0. The van der Waals surface area contributed by atoms with Crippen LogP contribution in [0.5, 0.6) is 0 Å². The molecule has 102 valence electrons. The third kappa shape index (κ3) is 1.82. The summed E-state index contributed by atoms with van der Waals surface area (Å²) in [5.41, 5.74) is 2.30. The number of halogens is 2. The van der Waals surface area contributed by atoms with Crippen LogP contribution in [0.2, 0.25) is 5.02 Å². The zero-order chi connectivity index (χ0) is 14.4. The van der Waals surface area contributed by atoms with Gasteiger partial charge in [0, 0.05) is 5.39 Å². The maximum absolute atomic E-state index is 13.0. The highest BCUT2D eigenvalue weighted by Gasteiger charge is 2.15. The summed E-state index contributed by atoms with van der Waals surface area (Å²) < 4.78 is 14.6. The van der Waals surface area contributed by atoms with Crippen molar-refractivity contribution in [1.29, 1.82) is 0 Å². The second-order valence-electron chi connectivity index (χ2n) is 4.59. The largest absolute Gasteiger partial charge is 0.305 e. The van der Waals surface area contributed by atoms with E-state index in [0.29, 0.717) is 16.9 Å². The van der Waals surface area contributed by atoms with Gasteiger partial charge < -0.3 is 4.98 Å². The van der Waals surface area contributed by atoms with Crippen molar-refractivity contribution < 1.29 is 4.39 Å². The first-order valence-electron chi connectivity index (χ1n) is 6.02. The predicted octanol–water partition coefficient (Wildman–Crippen LogP) is 3.12. The molecule has 0 aliphatic heterocycles. The molecule has 0 saturated carbocycles. The third-order valence-corrected chi connectivity index (χ3v) is 3.72. The van der Waals surface area contributed by atoms with Crippen LogP contribution in [0.3, 0.4) is 0 Å². The Balaban J connectivity index is 2.38. The molecule has 0 spiro atoms. The first-order chi connectivity index (χ1) is 9.49. The Labute approximate surface area is 118 Å². The van der Waals surface area contributed by atoms with Gasteiger partial charge in [-0.15, -0.1) is 0 Å². The van der Waals surface area contributed by atoms with Gasteiger partial charge in [0.15, 0.2) is 0 Å². The van der Waals surface area contributed by atoms with E-state index in [1.54, 1.807) is 23.7 Å². The highest BCUT2D eigenvalue weighted by Crippen LogP contribution is 2.25.